The van der Waals surface area contributed by atoms with Gasteiger partial charge in [-0.05, 0) is 24.3 Å². The lowest BCUT2D eigenvalue weighted by Crippen LogP contribution is -2.40. The molecular weight excluding hydrogens is 300 g/mol. The van der Waals surface area contributed by atoms with Gasteiger partial charge in [0.05, 0.1) is 23.8 Å². The third kappa shape index (κ3) is 2.89. The van der Waals surface area contributed by atoms with Crippen LogP contribution in [0.15, 0.2) is 24.0 Å². The van der Waals surface area contributed by atoms with Gasteiger partial charge >= 0.3 is 0 Å². The molecule has 1 fully saturated rings. The van der Waals surface area contributed by atoms with Crippen molar-refractivity contribution >= 4 is 17.2 Å². The zero-order valence-corrected chi connectivity index (χ0v) is 13.0. The Morgan fingerprint density at radius 1 is 1.64 bits per heavy atom. The molecule has 1 aliphatic rings. The summed E-state index contributed by atoms with van der Waals surface area (Å²) in [5, 5.41) is 13.8. The van der Waals surface area contributed by atoms with Crippen molar-refractivity contribution in [1.29, 1.82) is 5.26 Å². The number of ether oxygens (including phenoxy) is 1. The summed E-state index contributed by atoms with van der Waals surface area (Å²) in [5.74, 6) is -0.179. The van der Waals surface area contributed by atoms with Gasteiger partial charge in [-0.2, -0.15) is 5.26 Å². The van der Waals surface area contributed by atoms with Gasteiger partial charge in [-0.15, -0.1) is 11.3 Å². The molecule has 0 radical (unpaired) electrons. The van der Waals surface area contributed by atoms with Gasteiger partial charge < -0.3 is 14.6 Å². The van der Waals surface area contributed by atoms with Gasteiger partial charge in [-0.25, -0.2) is 4.98 Å². The molecule has 2 atom stereocenters. The zero-order chi connectivity index (χ0) is 15.5. The second kappa shape index (κ2) is 6.30. The SMILES string of the molecule is Cn1cncc1C1CC(NC(=O)c2sccc2C#N)CCO1. The van der Waals surface area contributed by atoms with E-state index in [0.717, 1.165) is 12.1 Å². The minimum atomic E-state index is -0.179. The number of carbonyl (C=O) groups excluding carboxylic acids is 1. The first-order chi connectivity index (χ1) is 10.7. The van der Waals surface area contributed by atoms with Gasteiger partial charge in [0.2, 0.25) is 0 Å². The van der Waals surface area contributed by atoms with Crippen molar-refractivity contribution in [3.05, 3.63) is 40.1 Å². The number of thiophene rings is 1. The summed E-state index contributed by atoms with van der Waals surface area (Å²) in [5.41, 5.74) is 1.44. The number of hydrogen-bond acceptors (Lipinski definition) is 5. The second-order valence-corrected chi connectivity index (χ2v) is 6.17. The molecule has 2 unspecified atom stereocenters. The maximum absolute atomic E-state index is 12.3. The summed E-state index contributed by atoms with van der Waals surface area (Å²) in [7, 11) is 1.93. The van der Waals surface area contributed by atoms with E-state index in [0.29, 0.717) is 23.5 Å². The van der Waals surface area contributed by atoms with Crippen molar-refractivity contribution in [1.82, 2.24) is 14.9 Å². The molecule has 0 bridgehead atoms. The molecule has 1 saturated heterocycles. The Kier molecular flexibility index (Phi) is 4.22. The van der Waals surface area contributed by atoms with Crippen molar-refractivity contribution in [2.75, 3.05) is 6.61 Å². The summed E-state index contributed by atoms with van der Waals surface area (Å²) in [6.07, 6.45) is 4.95. The van der Waals surface area contributed by atoms with Crippen LogP contribution in [0.25, 0.3) is 0 Å². The van der Waals surface area contributed by atoms with E-state index in [-0.39, 0.29) is 18.1 Å². The Hall–Kier alpha value is -2.17. The zero-order valence-electron chi connectivity index (χ0n) is 12.2. The Labute approximate surface area is 132 Å². The van der Waals surface area contributed by atoms with Crippen LogP contribution in [0, 0.1) is 11.3 Å². The van der Waals surface area contributed by atoms with Gasteiger partial charge in [-0.1, -0.05) is 0 Å². The van der Waals surface area contributed by atoms with Crippen LogP contribution in [-0.2, 0) is 11.8 Å². The number of nitriles is 1. The predicted octanol–water partition coefficient (Wildman–Crippen LogP) is 2.00. The molecule has 114 valence electrons. The highest BCUT2D eigenvalue weighted by atomic mass is 32.1. The lowest BCUT2D eigenvalue weighted by Gasteiger charge is -2.30. The van der Waals surface area contributed by atoms with Crippen LogP contribution in [0.3, 0.4) is 0 Å². The first-order valence-electron chi connectivity index (χ1n) is 7.05. The van der Waals surface area contributed by atoms with Crippen LogP contribution in [0.1, 0.15) is 39.9 Å². The van der Waals surface area contributed by atoms with Crippen molar-refractivity contribution in [3.8, 4) is 6.07 Å². The highest BCUT2D eigenvalue weighted by Crippen LogP contribution is 2.28. The summed E-state index contributed by atoms with van der Waals surface area (Å²) in [4.78, 5) is 16.9. The summed E-state index contributed by atoms with van der Waals surface area (Å²) in [6.45, 7) is 0.594. The molecule has 1 amide bonds. The molecule has 0 aromatic carbocycles. The molecular formula is C15H16N4O2S. The van der Waals surface area contributed by atoms with Crippen LogP contribution in [0.5, 0.6) is 0 Å². The number of amides is 1. The molecule has 7 heteroatoms. The molecule has 2 aromatic rings. The highest BCUT2D eigenvalue weighted by molar-refractivity contribution is 7.12. The average molecular weight is 316 g/mol. The number of nitrogens with one attached hydrogen (secondary N) is 1. The first kappa shape index (κ1) is 14.8. The van der Waals surface area contributed by atoms with E-state index < -0.39 is 0 Å². The number of aromatic nitrogens is 2. The topological polar surface area (TPSA) is 79.9 Å². The number of aryl methyl sites for hydroxylation is 1. The number of carbonyl (C=O) groups is 1. The number of rotatable bonds is 3. The summed E-state index contributed by atoms with van der Waals surface area (Å²) < 4.78 is 7.72. The maximum atomic E-state index is 12.3. The fourth-order valence-corrected chi connectivity index (χ4v) is 3.38. The van der Waals surface area contributed by atoms with Crippen molar-refractivity contribution in [2.45, 2.75) is 25.0 Å². The van der Waals surface area contributed by atoms with Crippen molar-refractivity contribution in [3.63, 3.8) is 0 Å². The van der Waals surface area contributed by atoms with Crippen LogP contribution < -0.4 is 5.32 Å². The standard InChI is InChI=1S/C15H16N4O2S/c1-19-9-17-8-12(19)13-6-11(2-4-21-13)18-15(20)14-10(7-16)3-5-22-14/h3,5,8-9,11,13H,2,4,6H2,1H3,(H,18,20). The van der Waals surface area contributed by atoms with E-state index >= 15 is 0 Å². The van der Waals surface area contributed by atoms with Gasteiger partial charge in [0, 0.05) is 19.7 Å². The minimum absolute atomic E-state index is 0.0368. The molecule has 0 aliphatic carbocycles. The van der Waals surface area contributed by atoms with E-state index in [1.165, 1.54) is 11.3 Å². The monoisotopic (exact) mass is 316 g/mol. The number of nitrogens with zero attached hydrogens (tertiary/aromatic N) is 3. The number of imidazole rings is 1. The fourth-order valence-electron chi connectivity index (χ4n) is 2.64. The molecule has 0 spiro atoms. The van der Waals surface area contributed by atoms with Crippen LogP contribution in [0.2, 0.25) is 0 Å². The smallest absolute Gasteiger partial charge is 0.262 e. The average Bonchev–Trinajstić information content (AvgIpc) is 3.15. The first-order valence-corrected chi connectivity index (χ1v) is 7.93. The molecule has 6 nitrogen and oxygen atoms in total. The van der Waals surface area contributed by atoms with Crippen LogP contribution in [-0.4, -0.2) is 28.1 Å². The largest absolute Gasteiger partial charge is 0.372 e. The normalized spacial score (nSPS) is 21.3. The van der Waals surface area contributed by atoms with Crippen molar-refractivity contribution < 1.29 is 9.53 Å². The Bertz CT molecular complexity index is 715. The molecule has 3 heterocycles. The predicted molar refractivity (Wildman–Crippen MR) is 81.4 cm³/mol. The van der Waals surface area contributed by atoms with E-state index in [1.807, 2.05) is 17.7 Å². The van der Waals surface area contributed by atoms with Gasteiger partial charge in [0.25, 0.3) is 5.91 Å². The Balaban J connectivity index is 1.67. The molecule has 1 N–H and O–H groups in total. The molecule has 22 heavy (non-hydrogen) atoms. The Morgan fingerprint density at radius 3 is 3.23 bits per heavy atom. The lowest BCUT2D eigenvalue weighted by atomic mass is 10.0. The van der Waals surface area contributed by atoms with E-state index in [1.54, 1.807) is 24.0 Å². The summed E-state index contributed by atoms with van der Waals surface area (Å²) >= 11 is 1.29. The van der Waals surface area contributed by atoms with Crippen LogP contribution in [0.4, 0.5) is 0 Å². The minimum Gasteiger partial charge on any atom is -0.372 e. The van der Waals surface area contributed by atoms with E-state index in [4.69, 9.17) is 10.00 Å². The Morgan fingerprint density at radius 2 is 2.50 bits per heavy atom. The van der Waals surface area contributed by atoms with Crippen LogP contribution >= 0.6 is 11.3 Å². The molecule has 3 rings (SSSR count). The van der Waals surface area contributed by atoms with Gasteiger partial charge in [-0.3, -0.25) is 4.79 Å². The van der Waals surface area contributed by atoms with E-state index in [2.05, 4.69) is 10.3 Å². The van der Waals surface area contributed by atoms with Crippen molar-refractivity contribution in [2.24, 2.45) is 7.05 Å². The van der Waals surface area contributed by atoms with Gasteiger partial charge in [0.15, 0.2) is 0 Å². The molecule has 1 aliphatic heterocycles. The molecule has 2 aromatic heterocycles. The third-order valence-electron chi connectivity index (χ3n) is 3.79. The third-order valence-corrected chi connectivity index (χ3v) is 4.71. The van der Waals surface area contributed by atoms with E-state index in [9.17, 15) is 4.79 Å². The summed E-state index contributed by atoms with van der Waals surface area (Å²) in [6, 6.07) is 3.75. The lowest BCUT2D eigenvalue weighted by molar-refractivity contribution is -0.00298. The van der Waals surface area contributed by atoms with Gasteiger partial charge in [0.1, 0.15) is 17.1 Å². The number of hydrogen-bond donors (Lipinski definition) is 1. The molecule has 0 saturated carbocycles. The second-order valence-electron chi connectivity index (χ2n) is 5.26. The quantitative estimate of drug-likeness (QED) is 0.939. The fraction of sp³-hybridized carbons (Fsp3) is 0.400. The highest BCUT2D eigenvalue weighted by Gasteiger charge is 2.27. The maximum Gasteiger partial charge on any atom is 0.262 e.